The van der Waals surface area contributed by atoms with Crippen LogP contribution in [0.15, 0.2) is 0 Å². The van der Waals surface area contributed by atoms with Gasteiger partial charge in [-0.1, -0.05) is 27.2 Å². The number of fused-ring (bicyclic) bond motifs is 2. The SMILES string of the molecule is CC1(C)CC2CC(C)(CN2C(=O)C2CCCC2C(=O)O)C1. The van der Waals surface area contributed by atoms with Gasteiger partial charge in [-0.15, -0.1) is 0 Å². The molecule has 3 aliphatic rings. The molecule has 0 aromatic rings. The number of hydrogen-bond donors (Lipinski definition) is 1. The van der Waals surface area contributed by atoms with E-state index in [9.17, 15) is 14.7 Å². The quantitative estimate of drug-likeness (QED) is 0.851. The average molecular weight is 293 g/mol. The van der Waals surface area contributed by atoms with Gasteiger partial charge in [-0.25, -0.2) is 0 Å². The monoisotopic (exact) mass is 293 g/mol. The third-order valence-corrected chi connectivity index (χ3v) is 5.85. The van der Waals surface area contributed by atoms with Crippen molar-refractivity contribution in [1.29, 1.82) is 0 Å². The van der Waals surface area contributed by atoms with Gasteiger partial charge in [0.25, 0.3) is 0 Å². The van der Waals surface area contributed by atoms with Gasteiger partial charge in [-0.05, 0) is 42.9 Å². The number of likely N-dealkylation sites (tertiary alicyclic amines) is 1. The maximum absolute atomic E-state index is 12.9. The Morgan fingerprint density at radius 2 is 1.76 bits per heavy atom. The fraction of sp³-hybridized carbons (Fsp3) is 0.882. The van der Waals surface area contributed by atoms with Crippen LogP contribution in [0.3, 0.4) is 0 Å². The Balaban J connectivity index is 1.79. The molecule has 2 saturated carbocycles. The Hall–Kier alpha value is -1.06. The van der Waals surface area contributed by atoms with Crippen LogP contribution in [0.1, 0.15) is 59.3 Å². The predicted molar refractivity (Wildman–Crippen MR) is 79.7 cm³/mol. The van der Waals surface area contributed by atoms with Gasteiger partial charge < -0.3 is 10.0 Å². The number of hydrogen-bond acceptors (Lipinski definition) is 2. The van der Waals surface area contributed by atoms with Crippen LogP contribution in [0.2, 0.25) is 0 Å². The van der Waals surface area contributed by atoms with Crippen molar-refractivity contribution in [3.8, 4) is 0 Å². The number of nitrogens with zero attached hydrogens (tertiary/aromatic N) is 1. The van der Waals surface area contributed by atoms with E-state index in [1.807, 2.05) is 4.90 Å². The van der Waals surface area contributed by atoms with Crippen LogP contribution >= 0.6 is 0 Å². The molecule has 4 nitrogen and oxygen atoms in total. The molecule has 3 rings (SSSR count). The lowest BCUT2D eigenvalue weighted by atomic mass is 9.65. The van der Waals surface area contributed by atoms with E-state index in [1.54, 1.807) is 0 Å². The predicted octanol–water partition coefficient (Wildman–Crippen LogP) is 2.91. The standard InChI is InChI=1S/C17H27NO3/c1-16(2)7-11-8-17(3,9-16)10-18(11)14(19)12-5-4-6-13(12)15(20)21/h11-13H,4-10H2,1-3H3,(H,20,21). The summed E-state index contributed by atoms with van der Waals surface area (Å²) in [4.78, 5) is 26.3. The second kappa shape index (κ2) is 4.72. The summed E-state index contributed by atoms with van der Waals surface area (Å²) in [5, 5.41) is 9.33. The first-order chi connectivity index (χ1) is 9.71. The summed E-state index contributed by atoms with van der Waals surface area (Å²) in [6.07, 6.45) is 5.58. The van der Waals surface area contributed by atoms with Crippen molar-refractivity contribution >= 4 is 11.9 Å². The molecule has 2 aliphatic carbocycles. The Labute approximate surface area is 126 Å². The smallest absolute Gasteiger partial charge is 0.307 e. The zero-order valence-electron chi connectivity index (χ0n) is 13.4. The molecule has 1 N–H and O–H groups in total. The highest BCUT2D eigenvalue weighted by atomic mass is 16.4. The summed E-state index contributed by atoms with van der Waals surface area (Å²) in [6, 6.07) is 0.321. The van der Waals surface area contributed by atoms with Gasteiger partial charge in [0.1, 0.15) is 0 Å². The lowest BCUT2D eigenvalue weighted by Crippen LogP contribution is -2.42. The number of carboxylic acids is 1. The van der Waals surface area contributed by atoms with Crippen molar-refractivity contribution in [3.63, 3.8) is 0 Å². The fourth-order valence-electron chi connectivity index (χ4n) is 5.48. The van der Waals surface area contributed by atoms with Crippen molar-refractivity contribution in [2.75, 3.05) is 6.54 Å². The van der Waals surface area contributed by atoms with Gasteiger partial charge in [-0.3, -0.25) is 9.59 Å². The van der Waals surface area contributed by atoms with Crippen LogP contribution in [-0.4, -0.2) is 34.5 Å². The fourth-order valence-corrected chi connectivity index (χ4v) is 5.48. The number of carboxylic acid groups (broad SMARTS) is 1. The summed E-state index contributed by atoms with van der Waals surface area (Å²) in [5.74, 6) is -1.42. The van der Waals surface area contributed by atoms with Gasteiger partial charge >= 0.3 is 5.97 Å². The highest BCUT2D eigenvalue weighted by molar-refractivity contribution is 5.85. The summed E-state index contributed by atoms with van der Waals surface area (Å²) >= 11 is 0. The number of amides is 1. The van der Waals surface area contributed by atoms with Crippen LogP contribution in [0.25, 0.3) is 0 Å². The zero-order valence-corrected chi connectivity index (χ0v) is 13.4. The lowest BCUT2D eigenvalue weighted by Gasteiger charge is -2.39. The molecule has 1 heterocycles. The molecule has 3 fully saturated rings. The number of rotatable bonds is 2. The van der Waals surface area contributed by atoms with Gasteiger partial charge in [0, 0.05) is 12.6 Å². The van der Waals surface area contributed by atoms with Gasteiger partial charge in [-0.2, -0.15) is 0 Å². The molecule has 2 bridgehead atoms. The van der Waals surface area contributed by atoms with Crippen molar-refractivity contribution in [2.45, 2.75) is 65.3 Å². The highest BCUT2D eigenvalue weighted by Crippen LogP contribution is 2.53. The van der Waals surface area contributed by atoms with Gasteiger partial charge in [0.05, 0.1) is 11.8 Å². The third kappa shape index (κ3) is 2.58. The van der Waals surface area contributed by atoms with E-state index in [2.05, 4.69) is 20.8 Å². The Morgan fingerprint density at radius 1 is 1.10 bits per heavy atom. The van der Waals surface area contributed by atoms with Crippen LogP contribution in [0.5, 0.6) is 0 Å². The Bertz CT molecular complexity index is 473. The van der Waals surface area contributed by atoms with Gasteiger partial charge in [0.2, 0.25) is 5.91 Å². The van der Waals surface area contributed by atoms with E-state index < -0.39 is 11.9 Å². The first-order valence-corrected chi connectivity index (χ1v) is 8.24. The molecule has 0 aromatic carbocycles. The molecule has 4 atom stereocenters. The van der Waals surface area contributed by atoms with E-state index in [1.165, 1.54) is 0 Å². The normalized spacial score (nSPS) is 41.3. The highest BCUT2D eigenvalue weighted by Gasteiger charge is 2.53. The molecule has 1 amide bonds. The molecular formula is C17H27NO3. The van der Waals surface area contributed by atoms with Crippen LogP contribution in [0.4, 0.5) is 0 Å². The van der Waals surface area contributed by atoms with Crippen molar-refractivity contribution in [1.82, 2.24) is 4.90 Å². The largest absolute Gasteiger partial charge is 0.481 e. The third-order valence-electron chi connectivity index (χ3n) is 5.85. The first kappa shape index (κ1) is 14.9. The number of carbonyl (C=O) groups excluding carboxylic acids is 1. The first-order valence-electron chi connectivity index (χ1n) is 8.24. The van der Waals surface area contributed by atoms with Crippen LogP contribution in [0, 0.1) is 22.7 Å². The van der Waals surface area contributed by atoms with E-state index in [0.717, 1.165) is 38.6 Å². The molecule has 118 valence electrons. The lowest BCUT2D eigenvalue weighted by molar-refractivity contribution is -0.149. The number of aliphatic carboxylic acids is 1. The second-order valence-electron chi connectivity index (χ2n) is 8.66. The number of carbonyl (C=O) groups is 2. The van der Waals surface area contributed by atoms with E-state index >= 15 is 0 Å². The van der Waals surface area contributed by atoms with Crippen LogP contribution < -0.4 is 0 Å². The Kier molecular flexibility index (Phi) is 3.34. The summed E-state index contributed by atoms with van der Waals surface area (Å²) in [6.45, 7) is 7.70. The molecule has 4 heteroatoms. The molecule has 0 spiro atoms. The van der Waals surface area contributed by atoms with E-state index in [4.69, 9.17) is 0 Å². The van der Waals surface area contributed by atoms with Crippen LogP contribution in [-0.2, 0) is 9.59 Å². The Morgan fingerprint density at radius 3 is 2.43 bits per heavy atom. The summed E-state index contributed by atoms with van der Waals surface area (Å²) < 4.78 is 0. The van der Waals surface area contributed by atoms with Crippen molar-refractivity contribution in [3.05, 3.63) is 0 Å². The molecule has 4 unspecified atom stereocenters. The van der Waals surface area contributed by atoms with Crippen molar-refractivity contribution < 1.29 is 14.7 Å². The van der Waals surface area contributed by atoms with E-state index in [-0.39, 0.29) is 22.7 Å². The second-order valence-corrected chi connectivity index (χ2v) is 8.66. The van der Waals surface area contributed by atoms with Gasteiger partial charge in [0.15, 0.2) is 0 Å². The maximum atomic E-state index is 12.9. The molecule has 0 aromatic heterocycles. The topological polar surface area (TPSA) is 57.6 Å². The minimum Gasteiger partial charge on any atom is -0.481 e. The average Bonchev–Trinajstić information content (AvgIpc) is 2.89. The van der Waals surface area contributed by atoms with E-state index in [0.29, 0.717) is 12.5 Å². The minimum atomic E-state index is -0.792. The molecule has 1 saturated heterocycles. The molecular weight excluding hydrogens is 266 g/mol. The summed E-state index contributed by atoms with van der Waals surface area (Å²) in [5.41, 5.74) is 0.508. The molecule has 1 aliphatic heterocycles. The van der Waals surface area contributed by atoms with Crippen molar-refractivity contribution in [2.24, 2.45) is 22.7 Å². The molecule has 21 heavy (non-hydrogen) atoms. The maximum Gasteiger partial charge on any atom is 0.307 e. The summed E-state index contributed by atoms with van der Waals surface area (Å²) in [7, 11) is 0. The minimum absolute atomic E-state index is 0.117. The molecule has 0 radical (unpaired) electrons. The zero-order chi connectivity index (χ0) is 15.4.